The molecular formula is C24H23F4N5O3. The monoisotopic (exact) mass is 505 g/mol. The van der Waals surface area contributed by atoms with Crippen molar-refractivity contribution in [2.24, 2.45) is 11.7 Å². The SMILES string of the molecule is NC(=O)n1cc(NC(=O)N[C@@H](CC2CC2)C(=O)NCc2cccc(C(F)(F)F)c2F)c2ccccc21. The predicted molar refractivity (Wildman–Crippen MR) is 123 cm³/mol. The number of hydrogen-bond donors (Lipinski definition) is 4. The molecule has 1 heterocycles. The third-order valence-electron chi connectivity index (χ3n) is 5.92. The van der Waals surface area contributed by atoms with E-state index in [0.29, 0.717) is 29.1 Å². The van der Waals surface area contributed by atoms with Crippen LogP contribution < -0.4 is 21.7 Å². The van der Waals surface area contributed by atoms with Crippen molar-refractivity contribution in [1.82, 2.24) is 15.2 Å². The zero-order valence-electron chi connectivity index (χ0n) is 18.9. The number of amides is 4. The van der Waals surface area contributed by atoms with Crippen molar-refractivity contribution in [3.05, 3.63) is 65.6 Å². The third kappa shape index (κ3) is 5.58. The number of halogens is 4. The van der Waals surface area contributed by atoms with Crippen LogP contribution in [-0.2, 0) is 17.5 Å². The van der Waals surface area contributed by atoms with Crippen LogP contribution in [0.15, 0.2) is 48.7 Å². The normalized spacial score (nSPS) is 14.3. The van der Waals surface area contributed by atoms with Gasteiger partial charge >= 0.3 is 18.2 Å². The highest BCUT2D eigenvalue weighted by molar-refractivity contribution is 6.05. The van der Waals surface area contributed by atoms with Gasteiger partial charge in [-0.15, -0.1) is 0 Å². The number of nitrogens with two attached hydrogens (primary N) is 1. The molecule has 0 radical (unpaired) electrons. The largest absolute Gasteiger partial charge is 0.419 e. The summed E-state index contributed by atoms with van der Waals surface area (Å²) >= 11 is 0. The number of alkyl halides is 3. The maximum atomic E-state index is 14.3. The molecule has 1 aliphatic rings. The van der Waals surface area contributed by atoms with Crippen LogP contribution in [0.5, 0.6) is 0 Å². The first-order chi connectivity index (χ1) is 17.0. The molecular weight excluding hydrogens is 482 g/mol. The van der Waals surface area contributed by atoms with Crippen LogP contribution in [0.4, 0.5) is 32.8 Å². The summed E-state index contributed by atoms with van der Waals surface area (Å²) in [6, 6.07) is 7.11. The molecule has 0 aliphatic heterocycles. The first kappa shape index (κ1) is 25.0. The van der Waals surface area contributed by atoms with E-state index < -0.39 is 48.1 Å². The number of rotatable bonds is 7. The first-order valence-corrected chi connectivity index (χ1v) is 11.1. The summed E-state index contributed by atoms with van der Waals surface area (Å²) in [4.78, 5) is 37.2. The van der Waals surface area contributed by atoms with Gasteiger partial charge in [-0.3, -0.25) is 9.36 Å². The lowest BCUT2D eigenvalue weighted by Gasteiger charge is -2.19. The van der Waals surface area contributed by atoms with Crippen LogP contribution >= 0.6 is 0 Å². The van der Waals surface area contributed by atoms with Crippen LogP contribution in [0.3, 0.4) is 0 Å². The number of fused-ring (bicyclic) bond motifs is 1. The molecule has 1 atom stereocenters. The summed E-state index contributed by atoms with van der Waals surface area (Å²) in [6.07, 6.45) is -1.44. The Hall–Kier alpha value is -4.09. The van der Waals surface area contributed by atoms with Gasteiger partial charge in [-0.25, -0.2) is 14.0 Å². The summed E-state index contributed by atoms with van der Waals surface area (Å²) < 4.78 is 54.4. The number of hydrogen-bond acceptors (Lipinski definition) is 3. The van der Waals surface area contributed by atoms with E-state index in [1.165, 1.54) is 10.8 Å². The van der Waals surface area contributed by atoms with Gasteiger partial charge in [0.15, 0.2) is 0 Å². The van der Waals surface area contributed by atoms with Crippen LogP contribution in [0, 0.1) is 11.7 Å². The highest BCUT2D eigenvalue weighted by Crippen LogP contribution is 2.34. The second kappa shape index (κ2) is 9.88. The van der Waals surface area contributed by atoms with E-state index >= 15 is 0 Å². The average molecular weight is 505 g/mol. The first-order valence-electron chi connectivity index (χ1n) is 11.1. The molecule has 8 nitrogen and oxygen atoms in total. The summed E-state index contributed by atoms with van der Waals surface area (Å²) in [5.41, 5.74) is 4.41. The molecule has 2 aromatic carbocycles. The molecule has 0 unspecified atom stereocenters. The van der Waals surface area contributed by atoms with Gasteiger partial charge in [-0.05, 0) is 24.5 Å². The van der Waals surface area contributed by atoms with Gasteiger partial charge < -0.3 is 21.7 Å². The minimum atomic E-state index is -4.87. The Morgan fingerprint density at radius 2 is 1.81 bits per heavy atom. The van der Waals surface area contributed by atoms with E-state index in [-0.39, 0.29) is 11.5 Å². The van der Waals surface area contributed by atoms with Crippen molar-refractivity contribution in [3.8, 4) is 0 Å². The molecule has 0 saturated heterocycles. The summed E-state index contributed by atoms with van der Waals surface area (Å²) in [6.45, 7) is -0.481. The molecule has 4 amide bonds. The zero-order chi connectivity index (χ0) is 26.0. The molecule has 1 aliphatic carbocycles. The molecule has 1 fully saturated rings. The molecule has 0 bridgehead atoms. The number of aromatic nitrogens is 1. The van der Waals surface area contributed by atoms with Crippen molar-refractivity contribution in [1.29, 1.82) is 0 Å². The van der Waals surface area contributed by atoms with Crippen molar-refractivity contribution < 1.29 is 31.9 Å². The van der Waals surface area contributed by atoms with Crippen LogP contribution in [0.1, 0.15) is 30.4 Å². The van der Waals surface area contributed by atoms with Gasteiger partial charge in [0, 0.05) is 23.7 Å². The van der Waals surface area contributed by atoms with E-state index in [2.05, 4.69) is 16.0 Å². The number of carbonyl (C=O) groups excluding carboxylic acids is 3. The Labute approximate surface area is 202 Å². The Morgan fingerprint density at radius 1 is 1.08 bits per heavy atom. The highest BCUT2D eigenvalue weighted by atomic mass is 19.4. The average Bonchev–Trinajstić information content (AvgIpc) is 3.56. The molecule has 12 heteroatoms. The fourth-order valence-corrected chi connectivity index (χ4v) is 3.94. The smallest absolute Gasteiger partial charge is 0.351 e. The van der Waals surface area contributed by atoms with E-state index in [1.807, 2.05) is 0 Å². The van der Waals surface area contributed by atoms with Crippen LogP contribution in [0.25, 0.3) is 10.9 Å². The maximum absolute atomic E-state index is 14.3. The van der Waals surface area contributed by atoms with Gasteiger partial charge in [-0.2, -0.15) is 13.2 Å². The molecule has 4 rings (SSSR count). The summed E-state index contributed by atoms with van der Waals surface area (Å²) in [5, 5.41) is 8.13. The van der Waals surface area contributed by atoms with Gasteiger partial charge in [0.05, 0.1) is 16.8 Å². The molecule has 1 saturated carbocycles. The maximum Gasteiger partial charge on any atom is 0.419 e. The fraction of sp³-hybridized carbons (Fsp3) is 0.292. The number of benzene rings is 2. The zero-order valence-corrected chi connectivity index (χ0v) is 18.9. The topological polar surface area (TPSA) is 118 Å². The molecule has 3 aromatic rings. The predicted octanol–water partition coefficient (Wildman–Crippen LogP) is 4.33. The molecule has 190 valence electrons. The lowest BCUT2D eigenvalue weighted by Crippen LogP contribution is -2.48. The number of primary amides is 1. The molecule has 0 spiro atoms. The number of para-hydroxylation sites is 1. The molecule has 36 heavy (non-hydrogen) atoms. The fourth-order valence-electron chi connectivity index (χ4n) is 3.94. The van der Waals surface area contributed by atoms with E-state index in [9.17, 15) is 31.9 Å². The van der Waals surface area contributed by atoms with Crippen LogP contribution in [-0.4, -0.2) is 28.6 Å². The quantitative estimate of drug-likeness (QED) is 0.358. The van der Waals surface area contributed by atoms with Gasteiger partial charge in [-0.1, -0.05) is 43.2 Å². The van der Waals surface area contributed by atoms with Gasteiger partial charge in [0.2, 0.25) is 5.91 Å². The number of nitrogens with one attached hydrogen (secondary N) is 3. The number of carbonyl (C=O) groups is 3. The lowest BCUT2D eigenvalue weighted by molar-refractivity contribution is -0.140. The van der Waals surface area contributed by atoms with Gasteiger partial charge in [0.1, 0.15) is 11.9 Å². The third-order valence-corrected chi connectivity index (χ3v) is 5.92. The van der Waals surface area contributed by atoms with Crippen molar-refractivity contribution >= 4 is 34.6 Å². The van der Waals surface area contributed by atoms with E-state index in [4.69, 9.17) is 5.73 Å². The molecule has 1 aromatic heterocycles. The molecule has 5 N–H and O–H groups in total. The second-order valence-corrected chi connectivity index (χ2v) is 8.59. The minimum Gasteiger partial charge on any atom is -0.351 e. The summed E-state index contributed by atoms with van der Waals surface area (Å²) in [5.74, 6) is -1.91. The number of urea groups is 1. The number of anilines is 1. The number of nitrogens with zero attached hydrogens (tertiary/aromatic N) is 1. The lowest BCUT2D eigenvalue weighted by atomic mass is 10.1. The van der Waals surface area contributed by atoms with Gasteiger partial charge in [0.25, 0.3) is 0 Å². The Kier molecular flexibility index (Phi) is 6.86. The Bertz CT molecular complexity index is 1320. The summed E-state index contributed by atoms with van der Waals surface area (Å²) in [7, 11) is 0. The highest BCUT2D eigenvalue weighted by Gasteiger charge is 2.35. The van der Waals surface area contributed by atoms with Crippen molar-refractivity contribution in [3.63, 3.8) is 0 Å². The van der Waals surface area contributed by atoms with Crippen molar-refractivity contribution in [2.45, 2.75) is 38.0 Å². The second-order valence-electron chi connectivity index (χ2n) is 8.59. The van der Waals surface area contributed by atoms with Crippen LogP contribution in [0.2, 0.25) is 0 Å². The minimum absolute atomic E-state index is 0.211. The van der Waals surface area contributed by atoms with E-state index in [1.54, 1.807) is 24.3 Å². The van der Waals surface area contributed by atoms with Crippen molar-refractivity contribution in [2.75, 3.05) is 5.32 Å². The standard InChI is InChI=1S/C24H23F4N5O3/c25-20-14(4-3-6-16(20)24(26,27)28)11-30-21(34)17(10-13-8-9-13)31-23(36)32-18-12-33(22(29)35)19-7-2-1-5-15(18)19/h1-7,12-13,17H,8-11H2,(H2,29,35)(H,30,34)(H2,31,32,36)/t17-/m0/s1. The Morgan fingerprint density at radius 3 is 2.47 bits per heavy atom. The Balaban J connectivity index is 1.45. The van der Waals surface area contributed by atoms with E-state index in [0.717, 1.165) is 25.0 Å².